The van der Waals surface area contributed by atoms with E-state index in [1.54, 1.807) is 5.92 Å². The second-order valence-corrected chi connectivity index (χ2v) is 4.72. The number of ether oxygens (including phenoxy) is 1. The second-order valence-electron chi connectivity index (χ2n) is 4.72. The lowest BCUT2D eigenvalue weighted by Crippen LogP contribution is -1.97. The van der Waals surface area contributed by atoms with Crippen molar-refractivity contribution in [2.24, 2.45) is 0 Å². The summed E-state index contributed by atoms with van der Waals surface area (Å²) in [7, 11) is 0. The van der Waals surface area contributed by atoms with Crippen LogP contribution in [0.2, 0.25) is 0 Å². The molecule has 18 heavy (non-hydrogen) atoms. The Morgan fingerprint density at radius 3 is 2.17 bits per heavy atom. The summed E-state index contributed by atoms with van der Waals surface area (Å²) in [6, 6.07) is 18.4. The minimum absolute atomic E-state index is 0.906. The Bertz CT molecular complexity index is 498. The summed E-state index contributed by atoms with van der Waals surface area (Å²) in [4.78, 5) is 0. The van der Waals surface area contributed by atoms with Crippen LogP contribution in [0.25, 0.3) is 0 Å². The zero-order valence-electron chi connectivity index (χ0n) is 10.4. The van der Waals surface area contributed by atoms with Crippen LogP contribution >= 0.6 is 0 Å². The predicted molar refractivity (Wildman–Crippen MR) is 73.8 cm³/mol. The molecule has 1 radical (unpaired) electrons. The summed E-state index contributed by atoms with van der Waals surface area (Å²) in [6.45, 7) is 0. The van der Waals surface area contributed by atoms with Gasteiger partial charge in [-0.2, -0.15) is 0 Å². The molecule has 1 saturated carbocycles. The van der Waals surface area contributed by atoms with Crippen molar-refractivity contribution in [2.75, 3.05) is 0 Å². The van der Waals surface area contributed by atoms with Gasteiger partial charge in [0.05, 0.1) is 0 Å². The number of benzene rings is 2. The molecule has 0 spiro atoms. The van der Waals surface area contributed by atoms with Gasteiger partial charge in [-0.15, -0.1) is 0 Å². The van der Waals surface area contributed by atoms with E-state index in [0.717, 1.165) is 11.5 Å². The molecule has 3 rings (SSSR count). The van der Waals surface area contributed by atoms with E-state index in [2.05, 4.69) is 18.2 Å². The quantitative estimate of drug-likeness (QED) is 0.731. The molecule has 0 aliphatic heterocycles. The van der Waals surface area contributed by atoms with Crippen LogP contribution in [0.15, 0.2) is 54.6 Å². The Kier molecular flexibility index (Phi) is 3.31. The molecule has 0 amide bonds. The zero-order valence-corrected chi connectivity index (χ0v) is 10.4. The summed E-state index contributed by atoms with van der Waals surface area (Å²) in [5.41, 5.74) is 1.29. The Labute approximate surface area is 108 Å². The van der Waals surface area contributed by atoms with Crippen LogP contribution < -0.4 is 4.74 Å². The smallest absolute Gasteiger partial charge is 0.131 e. The first-order valence-electron chi connectivity index (χ1n) is 6.60. The third kappa shape index (κ3) is 2.40. The van der Waals surface area contributed by atoms with E-state index in [1.165, 1.54) is 31.2 Å². The molecule has 2 aromatic carbocycles. The van der Waals surface area contributed by atoms with Crippen LogP contribution in [-0.2, 0) is 0 Å². The summed E-state index contributed by atoms with van der Waals surface area (Å²) in [5, 5.41) is 0. The van der Waals surface area contributed by atoms with Crippen LogP contribution in [0.4, 0.5) is 0 Å². The van der Waals surface area contributed by atoms with Crippen molar-refractivity contribution in [3.63, 3.8) is 0 Å². The molecule has 0 saturated heterocycles. The molecule has 91 valence electrons. The fraction of sp³-hybridized carbons (Fsp3) is 0.235. The van der Waals surface area contributed by atoms with Gasteiger partial charge in [-0.25, -0.2) is 0 Å². The van der Waals surface area contributed by atoms with Gasteiger partial charge in [0.15, 0.2) is 0 Å². The van der Waals surface area contributed by atoms with Crippen LogP contribution in [0.1, 0.15) is 31.2 Å². The Morgan fingerprint density at radius 2 is 1.39 bits per heavy atom. The molecule has 0 unspecified atom stereocenters. The number of rotatable bonds is 3. The number of hydrogen-bond acceptors (Lipinski definition) is 1. The van der Waals surface area contributed by atoms with E-state index < -0.39 is 0 Å². The molecule has 2 aromatic rings. The minimum Gasteiger partial charge on any atom is -0.457 e. The second kappa shape index (κ2) is 5.26. The van der Waals surface area contributed by atoms with Gasteiger partial charge >= 0.3 is 0 Å². The summed E-state index contributed by atoms with van der Waals surface area (Å²) < 4.78 is 6.00. The Hall–Kier alpha value is -1.76. The highest BCUT2D eigenvalue weighted by atomic mass is 16.5. The van der Waals surface area contributed by atoms with E-state index in [-0.39, 0.29) is 0 Å². The average molecular weight is 237 g/mol. The Morgan fingerprint density at radius 1 is 0.722 bits per heavy atom. The van der Waals surface area contributed by atoms with Gasteiger partial charge in [-0.3, -0.25) is 0 Å². The molecule has 1 heteroatoms. The standard InChI is InChI=1S/C17H17O/c1-2-10-15(11-3-1)18-17-13-7-6-12-16(17)14-8-4-5-9-14/h1-3,6-7,10-13H,4-5,8-9H2. The lowest BCUT2D eigenvalue weighted by atomic mass is 9.97. The average Bonchev–Trinajstić information content (AvgIpc) is 2.94. The highest BCUT2D eigenvalue weighted by Crippen LogP contribution is 2.38. The first-order chi connectivity index (χ1) is 8.93. The molecule has 0 heterocycles. The SMILES string of the molecule is c1ccc(Oc2ccccc2[C]2CCCC2)cc1. The normalized spacial score (nSPS) is 15.8. The molecular formula is C17H17O. The van der Waals surface area contributed by atoms with E-state index in [1.807, 2.05) is 36.4 Å². The molecule has 1 nitrogen and oxygen atoms in total. The Balaban J connectivity index is 1.87. The maximum Gasteiger partial charge on any atom is 0.131 e. The van der Waals surface area contributed by atoms with Crippen molar-refractivity contribution < 1.29 is 4.74 Å². The first kappa shape index (κ1) is 11.3. The van der Waals surface area contributed by atoms with Crippen molar-refractivity contribution in [3.05, 3.63) is 66.1 Å². The number of hydrogen-bond donors (Lipinski definition) is 0. The predicted octanol–water partition coefficient (Wildman–Crippen LogP) is 4.98. The largest absolute Gasteiger partial charge is 0.457 e. The minimum atomic E-state index is 0.906. The molecule has 1 aliphatic rings. The van der Waals surface area contributed by atoms with Gasteiger partial charge in [-0.1, -0.05) is 49.2 Å². The summed E-state index contributed by atoms with van der Waals surface area (Å²) >= 11 is 0. The lowest BCUT2D eigenvalue weighted by Gasteiger charge is -2.15. The van der Waals surface area contributed by atoms with E-state index in [0.29, 0.717) is 0 Å². The van der Waals surface area contributed by atoms with Gasteiger partial charge in [0.1, 0.15) is 11.5 Å². The molecular weight excluding hydrogens is 220 g/mol. The first-order valence-corrected chi connectivity index (χ1v) is 6.60. The van der Waals surface area contributed by atoms with Gasteiger partial charge in [-0.05, 0) is 31.0 Å². The molecule has 1 fully saturated rings. The fourth-order valence-corrected chi connectivity index (χ4v) is 2.53. The van der Waals surface area contributed by atoms with E-state index in [9.17, 15) is 0 Å². The lowest BCUT2D eigenvalue weighted by molar-refractivity contribution is 0.477. The summed E-state index contributed by atoms with van der Waals surface area (Å²) in [6.07, 6.45) is 5.06. The topological polar surface area (TPSA) is 9.23 Å². The molecule has 0 bridgehead atoms. The zero-order chi connectivity index (χ0) is 12.2. The monoisotopic (exact) mass is 237 g/mol. The maximum absolute atomic E-state index is 6.00. The van der Waals surface area contributed by atoms with Gasteiger partial charge in [0.2, 0.25) is 0 Å². The van der Waals surface area contributed by atoms with Crippen LogP contribution in [0.3, 0.4) is 0 Å². The van der Waals surface area contributed by atoms with Crippen molar-refractivity contribution in [1.29, 1.82) is 0 Å². The van der Waals surface area contributed by atoms with Crippen LogP contribution in [-0.4, -0.2) is 0 Å². The van der Waals surface area contributed by atoms with Gasteiger partial charge in [0, 0.05) is 11.5 Å². The van der Waals surface area contributed by atoms with Gasteiger partial charge in [0.25, 0.3) is 0 Å². The van der Waals surface area contributed by atoms with Crippen molar-refractivity contribution in [1.82, 2.24) is 0 Å². The fourth-order valence-electron chi connectivity index (χ4n) is 2.53. The maximum atomic E-state index is 6.00. The van der Waals surface area contributed by atoms with Crippen molar-refractivity contribution in [2.45, 2.75) is 25.7 Å². The van der Waals surface area contributed by atoms with Crippen molar-refractivity contribution in [3.8, 4) is 11.5 Å². The number of para-hydroxylation sites is 2. The molecule has 0 N–H and O–H groups in total. The highest BCUT2D eigenvalue weighted by molar-refractivity contribution is 5.46. The highest BCUT2D eigenvalue weighted by Gasteiger charge is 2.21. The molecule has 0 atom stereocenters. The van der Waals surface area contributed by atoms with Crippen LogP contribution in [0.5, 0.6) is 11.5 Å². The summed E-state index contributed by atoms with van der Waals surface area (Å²) in [5.74, 6) is 3.44. The van der Waals surface area contributed by atoms with Crippen LogP contribution in [0, 0.1) is 5.92 Å². The molecule has 0 aromatic heterocycles. The van der Waals surface area contributed by atoms with Gasteiger partial charge < -0.3 is 4.74 Å². The van der Waals surface area contributed by atoms with E-state index in [4.69, 9.17) is 4.74 Å². The van der Waals surface area contributed by atoms with Crippen molar-refractivity contribution >= 4 is 0 Å². The third-order valence-electron chi connectivity index (χ3n) is 3.45. The third-order valence-corrected chi connectivity index (χ3v) is 3.45. The van der Waals surface area contributed by atoms with E-state index >= 15 is 0 Å². The molecule has 1 aliphatic carbocycles.